The van der Waals surface area contributed by atoms with Gasteiger partial charge in [-0.3, -0.25) is 14.5 Å². The summed E-state index contributed by atoms with van der Waals surface area (Å²) >= 11 is 0. The molecule has 0 atom stereocenters. The van der Waals surface area contributed by atoms with Gasteiger partial charge < -0.3 is 9.84 Å². The van der Waals surface area contributed by atoms with Crippen LogP contribution in [0.2, 0.25) is 0 Å². The second kappa shape index (κ2) is 6.89. The van der Waals surface area contributed by atoms with Gasteiger partial charge in [0.15, 0.2) is 0 Å². The topological polar surface area (TPSA) is 83.9 Å². The van der Waals surface area contributed by atoms with Gasteiger partial charge in [-0.25, -0.2) is 4.79 Å². The lowest BCUT2D eigenvalue weighted by molar-refractivity contribution is -0.143. The van der Waals surface area contributed by atoms with Crippen molar-refractivity contribution in [1.29, 1.82) is 0 Å². The molecule has 0 aromatic heterocycles. The Morgan fingerprint density at radius 1 is 1.32 bits per heavy atom. The van der Waals surface area contributed by atoms with Gasteiger partial charge in [-0.1, -0.05) is 6.07 Å². The summed E-state index contributed by atoms with van der Waals surface area (Å²) in [5, 5.41) is 9.11. The molecule has 1 aromatic rings. The Morgan fingerprint density at radius 2 is 2.09 bits per heavy atom. The van der Waals surface area contributed by atoms with Crippen LogP contribution in [0.1, 0.15) is 35.2 Å². The number of aromatic carboxylic acids is 1. The van der Waals surface area contributed by atoms with Crippen LogP contribution in [0.3, 0.4) is 0 Å². The minimum Gasteiger partial charge on any atom is -0.496 e. The van der Waals surface area contributed by atoms with Crippen molar-refractivity contribution in [3.63, 3.8) is 0 Å². The van der Waals surface area contributed by atoms with Crippen LogP contribution < -0.4 is 4.74 Å². The van der Waals surface area contributed by atoms with E-state index in [1.54, 1.807) is 6.07 Å². The summed E-state index contributed by atoms with van der Waals surface area (Å²) in [5.74, 6) is -1.40. The van der Waals surface area contributed by atoms with E-state index in [4.69, 9.17) is 9.84 Å². The van der Waals surface area contributed by atoms with Crippen LogP contribution in [0.25, 0.3) is 6.08 Å². The highest BCUT2D eigenvalue weighted by Gasteiger charge is 2.22. The molecular formula is C16H17NO5. The number of carbonyl (C=O) groups is 3. The highest BCUT2D eigenvalue weighted by Crippen LogP contribution is 2.20. The summed E-state index contributed by atoms with van der Waals surface area (Å²) in [6, 6.07) is 4.59. The fourth-order valence-electron chi connectivity index (χ4n) is 2.29. The van der Waals surface area contributed by atoms with Crippen LogP contribution in [-0.2, 0) is 9.59 Å². The smallest absolute Gasteiger partial charge is 0.339 e. The SMILES string of the molecule is COc1ccc(C=CC(=O)N2CCCCC2=O)cc1C(=O)O. The summed E-state index contributed by atoms with van der Waals surface area (Å²) < 4.78 is 4.97. The Bertz CT molecular complexity index is 635. The average Bonchev–Trinajstić information content (AvgIpc) is 2.52. The number of carboxylic acid groups (broad SMARTS) is 1. The summed E-state index contributed by atoms with van der Waals surface area (Å²) in [7, 11) is 1.39. The van der Waals surface area contributed by atoms with Gasteiger partial charge in [0, 0.05) is 19.0 Å². The van der Waals surface area contributed by atoms with Crippen molar-refractivity contribution in [3.05, 3.63) is 35.4 Å². The molecule has 1 heterocycles. The Kier molecular flexibility index (Phi) is 4.93. The van der Waals surface area contributed by atoms with Crippen LogP contribution in [0.4, 0.5) is 0 Å². The first-order valence-corrected chi connectivity index (χ1v) is 6.96. The molecule has 6 nitrogen and oxygen atoms in total. The van der Waals surface area contributed by atoms with E-state index in [9.17, 15) is 14.4 Å². The van der Waals surface area contributed by atoms with Gasteiger partial charge in [0.05, 0.1) is 7.11 Å². The lowest BCUT2D eigenvalue weighted by Crippen LogP contribution is -2.39. The van der Waals surface area contributed by atoms with Crippen LogP contribution >= 0.6 is 0 Å². The Labute approximate surface area is 128 Å². The molecule has 0 spiro atoms. The number of carboxylic acids is 1. The van der Waals surface area contributed by atoms with Crippen LogP contribution in [0.5, 0.6) is 5.75 Å². The van der Waals surface area contributed by atoms with E-state index in [0.29, 0.717) is 18.5 Å². The molecule has 1 N–H and O–H groups in total. The fourth-order valence-corrected chi connectivity index (χ4v) is 2.29. The van der Waals surface area contributed by atoms with E-state index in [1.165, 1.54) is 36.3 Å². The van der Waals surface area contributed by atoms with Crippen molar-refractivity contribution in [1.82, 2.24) is 4.90 Å². The van der Waals surface area contributed by atoms with E-state index in [0.717, 1.165) is 12.8 Å². The molecule has 116 valence electrons. The lowest BCUT2D eigenvalue weighted by atomic mass is 10.1. The number of hydrogen-bond donors (Lipinski definition) is 1. The number of benzene rings is 1. The maximum absolute atomic E-state index is 12.0. The van der Waals surface area contributed by atoms with Gasteiger partial charge in [0.1, 0.15) is 11.3 Å². The summed E-state index contributed by atoms with van der Waals surface area (Å²) in [5.41, 5.74) is 0.571. The molecule has 1 saturated heterocycles. The van der Waals surface area contributed by atoms with Gasteiger partial charge in [-0.15, -0.1) is 0 Å². The number of nitrogens with zero attached hydrogens (tertiary/aromatic N) is 1. The number of methoxy groups -OCH3 is 1. The first kappa shape index (κ1) is 15.8. The third-order valence-electron chi connectivity index (χ3n) is 3.46. The van der Waals surface area contributed by atoms with Crippen molar-refractivity contribution in [3.8, 4) is 5.75 Å². The number of carbonyl (C=O) groups excluding carboxylic acids is 2. The van der Waals surface area contributed by atoms with Crippen LogP contribution in [0, 0.1) is 0 Å². The van der Waals surface area contributed by atoms with E-state index in [-0.39, 0.29) is 23.1 Å². The monoisotopic (exact) mass is 303 g/mol. The molecule has 0 aliphatic carbocycles. The van der Waals surface area contributed by atoms with Gasteiger partial charge in [-0.05, 0) is 36.6 Å². The zero-order chi connectivity index (χ0) is 16.1. The largest absolute Gasteiger partial charge is 0.496 e. The number of rotatable bonds is 4. The number of hydrogen-bond acceptors (Lipinski definition) is 4. The molecule has 22 heavy (non-hydrogen) atoms. The molecule has 1 aliphatic rings. The Morgan fingerprint density at radius 3 is 2.73 bits per heavy atom. The summed E-state index contributed by atoms with van der Waals surface area (Å²) in [6.07, 6.45) is 4.81. The average molecular weight is 303 g/mol. The van der Waals surface area contributed by atoms with E-state index >= 15 is 0 Å². The summed E-state index contributed by atoms with van der Waals surface area (Å²) in [6.45, 7) is 0.436. The highest BCUT2D eigenvalue weighted by molar-refractivity contribution is 6.03. The molecule has 2 rings (SSSR count). The molecule has 1 fully saturated rings. The standard InChI is InChI=1S/C16H17NO5/c1-22-13-7-5-11(10-12(13)16(20)21)6-8-15(19)17-9-3-2-4-14(17)18/h5-8,10H,2-4,9H2,1H3,(H,20,21). The van der Waals surface area contributed by atoms with Gasteiger partial charge >= 0.3 is 5.97 Å². The molecular weight excluding hydrogens is 286 g/mol. The molecule has 0 bridgehead atoms. The van der Waals surface area contributed by atoms with Crippen molar-refractivity contribution in [2.24, 2.45) is 0 Å². The highest BCUT2D eigenvalue weighted by atomic mass is 16.5. The molecule has 0 radical (unpaired) electrons. The maximum atomic E-state index is 12.0. The molecule has 2 amide bonds. The van der Waals surface area contributed by atoms with Crippen molar-refractivity contribution < 1.29 is 24.2 Å². The van der Waals surface area contributed by atoms with Crippen molar-refractivity contribution in [2.45, 2.75) is 19.3 Å². The first-order valence-electron chi connectivity index (χ1n) is 6.96. The maximum Gasteiger partial charge on any atom is 0.339 e. The summed E-state index contributed by atoms with van der Waals surface area (Å²) in [4.78, 5) is 36.0. The van der Waals surface area contributed by atoms with Gasteiger partial charge in [0.25, 0.3) is 5.91 Å². The predicted octanol–water partition coefficient (Wildman–Crippen LogP) is 1.95. The molecule has 6 heteroatoms. The van der Waals surface area contributed by atoms with Crippen molar-refractivity contribution in [2.75, 3.05) is 13.7 Å². The van der Waals surface area contributed by atoms with E-state index < -0.39 is 5.97 Å². The second-order valence-electron chi connectivity index (χ2n) is 4.94. The quantitative estimate of drug-likeness (QED) is 0.859. The first-order chi connectivity index (χ1) is 10.5. The number of amides is 2. The third-order valence-corrected chi connectivity index (χ3v) is 3.46. The Hall–Kier alpha value is -2.63. The third kappa shape index (κ3) is 3.52. The number of piperidine rings is 1. The zero-order valence-electron chi connectivity index (χ0n) is 12.2. The zero-order valence-corrected chi connectivity index (χ0v) is 12.2. The van der Waals surface area contributed by atoms with Crippen LogP contribution in [-0.4, -0.2) is 41.4 Å². The lowest BCUT2D eigenvalue weighted by Gasteiger charge is -2.23. The normalized spacial score (nSPS) is 15.1. The minimum absolute atomic E-state index is 0.0196. The van der Waals surface area contributed by atoms with E-state index in [1.807, 2.05) is 0 Å². The van der Waals surface area contributed by atoms with E-state index in [2.05, 4.69) is 0 Å². The van der Waals surface area contributed by atoms with Crippen molar-refractivity contribution >= 4 is 23.9 Å². The van der Waals surface area contributed by atoms with Crippen LogP contribution in [0.15, 0.2) is 24.3 Å². The number of likely N-dealkylation sites (tertiary alicyclic amines) is 1. The molecule has 1 aliphatic heterocycles. The van der Waals surface area contributed by atoms with Gasteiger partial charge in [0.2, 0.25) is 5.91 Å². The number of ether oxygens (including phenoxy) is 1. The Balaban J connectivity index is 2.15. The minimum atomic E-state index is -1.11. The molecule has 1 aromatic carbocycles. The van der Waals surface area contributed by atoms with Gasteiger partial charge in [-0.2, -0.15) is 0 Å². The predicted molar refractivity (Wildman–Crippen MR) is 79.6 cm³/mol. The number of imide groups is 1. The molecule has 0 saturated carbocycles. The second-order valence-corrected chi connectivity index (χ2v) is 4.94. The fraction of sp³-hybridized carbons (Fsp3) is 0.312. The molecule has 0 unspecified atom stereocenters.